The number of carbonyl (C=O) groups excluding carboxylic acids is 2. The lowest BCUT2D eigenvalue weighted by Gasteiger charge is -2.02. The quantitative estimate of drug-likeness (QED) is 0.674. The second-order valence-corrected chi connectivity index (χ2v) is 4.09. The first-order chi connectivity index (χ1) is 6.61. The largest absolute Gasteiger partial charge is 0.300 e. The lowest BCUT2D eigenvalue weighted by Crippen LogP contribution is -2.03. The smallest absolute Gasteiger partial charge is 0.158 e. The van der Waals surface area contributed by atoms with Crippen LogP contribution in [0.3, 0.4) is 0 Å². The molecule has 0 atom stereocenters. The van der Waals surface area contributed by atoms with Crippen molar-refractivity contribution in [2.24, 2.45) is 0 Å². The van der Waals surface area contributed by atoms with Gasteiger partial charge >= 0.3 is 0 Å². The molecule has 0 saturated carbocycles. The molecule has 0 amide bonds. The number of hydrogen-bond acceptors (Lipinski definition) is 2. The topological polar surface area (TPSA) is 34.1 Å². The zero-order valence-corrected chi connectivity index (χ0v) is 9.06. The van der Waals surface area contributed by atoms with Gasteiger partial charge < -0.3 is 4.79 Å². The Kier molecular flexibility index (Phi) is 4.05. The van der Waals surface area contributed by atoms with Gasteiger partial charge in [0.2, 0.25) is 0 Å². The van der Waals surface area contributed by atoms with Gasteiger partial charge in [-0.15, -0.1) is 0 Å². The van der Waals surface area contributed by atoms with E-state index in [9.17, 15) is 9.59 Å². The maximum absolute atomic E-state index is 11.7. The second kappa shape index (κ2) is 5.08. The van der Waals surface area contributed by atoms with Crippen molar-refractivity contribution in [2.75, 3.05) is 0 Å². The molecule has 0 radical (unpaired) electrons. The molecule has 1 aliphatic carbocycles. The molecule has 0 aromatic carbocycles. The molecule has 78 valence electrons. The van der Waals surface area contributed by atoms with Crippen molar-refractivity contribution in [3.05, 3.63) is 11.1 Å². The van der Waals surface area contributed by atoms with Gasteiger partial charge in [-0.3, -0.25) is 4.79 Å². The fourth-order valence-electron chi connectivity index (χ4n) is 1.92. The molecule has 0 aromatic rings. The Morgan fingerprint density at radius 3 is 2.43 bits per heavy atom. The summed E-state index contributed by atoms with van der Waals surface area (Å²) in [5.74, 6) is 0.441. The molecule has 0 spiro atoms. The highest BCUT2D eigenvalue weighted by Crippen LogP contribution is 2.27. The van der Waals surface area contributed by atoms with E-state index in [4.69, 9.17) is 0 Å². The molecule has 0 heterocycles. The summed E-state index contributed by atoms with van der Waals surface area (Å²) in [6.07, 6.45) is 4.95. The molecular formula is C12H18O2. The molecule has 2 heteroatoms. The summed E-state index contributed by atoms with van der Waals surface area (Å²) in [4.78, 5) is 22.4. The first-order valence-electron chi connectivity index (χ1n) is 5.32. The standard InChI is InChI=1S/C12H18O2/c1-9-5-3-7-11(9)12(14)8-4-6-10(2)13/h3-8H2,1-2H3. The average molecular weight is 194 g/mol. The van der Waals surface area contributed by atoms with Gasteiger partial charge in [-0.1, -0.05) is 5.57 Å². The Hall–Kier alpha value is -0.920. The Morgan fingerprint density at radius 2 is 1.93 bits per heavy atom. The van der Waals surface area contributed by atoms with Gasteiger partial charge in [0.05, 0.1) is 0 Å². The van der Waals surface area contributed by atoms with Crippen LogP contribution in [0.5, 0.6) is 0 Å². The summed E-state index contributed by atoms with van der Waals surface area (Å²) < 4.78 is 0. The van der Waals surface area contributed by atoms with Crippen LogP contribution in [-0.2, 0) is 9.59 Å². The number of hydrogen-bond donors (Lipinski definition) is 0. The van der Waals surface area contributed by atoms with Gasteiger partial charge in [-0.2, -0.15) is 0 Å². The molecule has 0 bridgehead atoms. The number of rotatable bonds is 5. The molecule has 2 nitrogen and oxygen atoms in total. The predicted molar refractivity (Wildman–Crippen MR) is 56.1 cm³/mol. The zero-order chi connectivity index (χ0) is 10.6. The Bertz CT molecular complexity index is 274. The maximum Gasteiger partial charge on any atom is 0.158 e. The highest BCUT2D eigenvalue weighted by Gasteiger charge is 2.17. The second-order valence-electron chi connectivity index (χ2n) is 4.09. The monoisotopic (exact) mass is 194 g/mol. The fraction of sp³-hybridized carbons (Fsp3) is 0.667. The molecule has 0 saturated heterocycles. The van der Waals surface area contributed by atoms with E-state index < -0.39 is 0 Å². The van der Waals surface area contributed by atoms with E-state index in [1.54, 1.807) is 6.92 Å². The van der Waals surface area contributed by atoms with Crippen LogP contribution in [0.15, 0.2) is 11.1 Å². The predicted octanol–water partition coefficient (Wildman–Crippen LogP) is 2.82. The van der Waals surface area contributed by atoms with Crippen molar-refractivity contribution < 1.29 is 9.59 Å². The van der Waals surface area contributed by atoms with E-state index in [-0.39, 0.29) is 11.6 Å². The van der Waals surface area contributed by atoms with Crippen molar-refractivity contribution in [3.8, 4) is 0 Å². The van der Waals surface area contributed by atoms with Crippen molar-refractivity contribution in [3.63, 3.8) is 0 Å². The van der Waals surface area contributed by atoms with Gasteiger partial charge in [0, 0.05) is 12.8 Å². The van der Waals surface area contributed by atoms with E-state index in [2.05, 4.69) is 0 Å². The summed E-state index contributed by atoms with van der Waals surface area (Å²) in [5, 5.41) is 0. The third-order valence-electron chi connectivity index (χ3n) is 2.76. The zero-order valence-electron chi connectivity index (χ0n) is 9.06. The van der Waals surface area contributed by atoms with Gasteiger partial charge in [0.1, 0.15) is 5.78 Å². The van der Waals surface area contributed by atoms with Crippen LogP contribution in [0, 0.1) is 0 Å². The summed E-state index contributed by atoms with van der Waals surface area (Å²) in [6.45, 7) is 3.62. The molecule has 0 aliphatic heterocycles. The minimum Gasteiger partial charge on any atom is -0.300 e. The van der Waals surface area contributed by atoms with E-state index in [0.29, 0.717) is 19.3 Å². The van der Waals surface area contributed by atoms with Crippen LogP contribution in [0.1, 0.15) is 52.4 Å². The van der Waals surface area contributed by atoms with Crippen molar-refractivity contribution in [1.29, 1.82) is 0 Å². The minimum atomic E-state index is 0.176. The van der Waals surface area contributed by atoms with Crippen LogP contribution >= 0.6 is 0 Å². The Balaban J connectivity index is 2.35. The number of Topliss-reactive ketones (excluding diaryl/α,β-unsaturated/α-hetero) is 2. The fourth-order valence-corrected chi connectivity index (χ4v) is 1.92. The molecule has 0 fully saturated rings. The molecular weight excluding hydrogens is 176 g/mol. The highest BCUT2D eigenvalue weighted by molar-refractivity contribution is 5.96. The molecule has 0 unspecified atom stereocenters. The highest BCUT2D eigenvalue weighted by atomic mass is 16.1. The number of carbonyl (C=O) groups is 2. The lowest BCUT2D eigenvalue weighted by molar-refractivity contribution is -0.117. The molecule has 14 heavy (non-hydrogen) atoms. The van der Waals surface area contributed by atoms with Gasteiger partial charge in [-0.25, -0.2) is 0 Å². The Morgan fingerprint density at radius 1 is 1.21 bits per heavy atom. The van der Waals surface area contributed by atoms with Crippen LogP contribution in [0.4, 0.5) is 0 Å². The van der Waals surface area contributed by atoms with Crippen molar-refractivity contribution in [2.45, 2.75) is 52.4 Å². The van der Waals surface area contributed by atoms with Crippen LogP contribution in [0.2, 0.25) is 0 Å². The summed E-state index contributed by atoms with van der Waals surface area (Å²) >= 11 is 0. The molecule has 1 aliphatic rings. The van der Waals surface area contributed by atoms with E-state index in [0.717, 1.165) is 24.8 Å². The van der Waals surface area contributed by atoms with Crippen LogP contribution in [0.25, 0.3) is 0 Å². The third kappa shape index (κ3) is 3.09. The molecule has 0 aromatic heterocycles. The van der Waals surface area contributed by atoms with E-state index in [1.807, 2.05) is 6.92 Å². The molecule has 1 rings (SSSR count). The summed E-state index contributed by atoms with van der Waals surface area (Å²) in [7, 11) is 0. The average Bonchev–Trinajstić information content (AvgIpc) is 2.50. The number of allylic oxidation sites excluding steroid dienone is 2. The van der Waals surface area contributed by atoms with Crippen LogP contribution in [-0.4, -0.2) is 11.6 Å². The summed E-state index contributed by atoms with van der Waals surface area (Å²) in [5.41, 5.74) is 2.30. The van der Waals surface area contributed by atoms with Gasteiger partial charge in [-0.05, 0) is 45.1 Å². The maximum atomic E-state index is 11.7. The van der Waals surface area contributed by atoms with Crippen LogP contribution < -0.4 is 0 Å². The normalized spacial score (nSPS) is 16.1. The van der Waals surface area contributed by atoms with Gasteiger partial charge in [0.15, 0.2) is 5.78 Å². The molecule has 0 N–H and O–H groups in total. The van der Waals surface area contributed by atoms with Crippen molar-refractivity contribution in [1.82, 2.24) is 0 Å². The van der Waals surface area contributed by atoms with Gasteiger partial charge in [0.25, 0.3) is 0 Å². The van der Waals surface area contributed by atoms with Crippen molar-refractivity contribution >= 4 is 11.6 Å². The lowest BCUT2D eigenvalue weighted by atomic mass is 10.0. The van der Waals surface area contributed by atoms with E-state index >= 15 is 0 Å². The number of ketones is 2. The van der Waals surface area contributed by atoms with E-state index in [1.165, 1.54) is 5.57 Å². The minimum absolute atomic E-state index is 0.176. The Labute approximate surface area is 85.4 Å². The third-order valence-corrected chi connectivity index (χ3v) is 2.76. The summed E-state index contributed by atoms with van der Waals surface area (Å²) in [6, 6.07) is 0. The first-order valence-corrected chi connectivity index (χ1v) is 5.32. The first kappa shape index (κ1) is 11.2. The SMILES string of the molecule is CC(=O)CCCC(=O)C1=C(C)CCC1.